The highest BCUT2D eigenvalue weighted by atomic mass is 19.4. The molecule has 2 amide bonds. The Balaban J connectivity index is 2.33. The highest BCUT2D eigenvalue weighted by molar-refractivity contribution is 5.89. The van der Waals surface area contributed by atoms with Gasteiger partial charge in [-0.3, -0.25) is 0 Å². The normalized spacial score (nSPS) is 11.3. The first-order valence-corrected chi connectivity index (χ1v) is 6.80. The molecule has 22 heavy (non-hydrogen) atoms. The van der Waals surface area contributed by atoms with Crippen LogP contribution >= 0.6 is 0 Å². The third kappa shape index (κ3) is 8.48. The number of hydrogen-bond acceptors (Lipinski definition) is 3. The number of nitrogens with one attached hydrogen (secondary N) is 2. The number of halogens is 3. The van der Waals surface area contributed by atoms with Crippen LogP contribution in [-0.2, 0) is 11.2 Å². The fourth-order valence-corrected chi connectivity index (χ4v) is 1.71. The molecule has 1 aromatic rings. The van der Waals surface area contributed by atoms with Gasteiger partial charge in [0.05, 0.1) is 19.6 Å². The number of rotatable bonds is 8. The second kappa shape index (κ2) is 9.26. The lowest BCUT2D eigenvalue weighted by molar-refractivity contribution is -0.127. The highest BCUT2D eigenvalue weighted by Crippen LogP contribution is 2.22. The molecule has 0 aliphatic carbocycles. The molecule has 0 atom stereocenters. The van der Waals surface area contributed by atoms with Gasteiger partial charge in [0.15, 0.2) is 0 Å². The van der Waals surface area contributed by atoms with Gasteiger partial charge in [-0.2, -0.15) is 13.2 Å². The van der Waals surface area contributed by atoms with Gasteiger partial charge in [0.25, 0.3) is 0 Å². The Labute approximate surface area is 126 Å². The number of aliphatic hydroxyl groups excluding tert-OH is 1. The molecule has 8 heteroatoms. The number of alkyl halides is 3. The molecule has 0 aromatic heterocycles. The van der Waals surface area contributed by atoms with Crippen LogP contribution in [0.5, 0.6) is 0 Å². The fourth-order valence-electron chi connectivity index (χ4n) is 1.71. The van der Waals surface area contributed by atoms with E-state index in [9.17, 15) is 18.0 Å². The lowest BCUT2D eigenvalue weighted by atomic mass is 10.1. The molecule has 1 rings (SSSR count). The van der Waals surface area contributed by atoms with Gasteiger partial charge in [0.1, 0.15) is 0 Å². The van der Waals surface area contributed by atoms with Crippen LogP contribution in [-0.4, -0.2) is 43.7 Å². The first kappa shape index (κ1) is 18.2. The van der Waals surface area contributed by atoms with Crippen molar-refractivity contribution in [2.75, 3.05) is 31.7 Å². The van der Waals surface area contributed by atoms with Crippen molar-refractivity contribution in [3.05, 3.63) is 29.8 Å². The SMILES string of the molecule is O=C(NCCCOCCO)Nc1cccc(CC(F)(F)F)c1. The van der Waals surface area contributed by atoms with Crippen molar-refractivity contribution in [2.45, 2.75) is 19.0 Å². The van der Waals surface area contributed by atoms with E-state index in [-0.39, 0.29) is 18.8 Å². The van der Waals surface area contributed by atoms with Gasteiger partial charge < -0.3 is 20.5 Å². The van der Waals surface area contributed by atoms with Gasteiger partial charge in [-0.1, -0.05) is 12.1 Å². The number of anilines is 1. The zero-order chi connectivity index (χ0) is 16.4. The molecule has 0 saturated heterocycles. The van der Waals surface area contributed by atoms with Gasteiger partial charge in [0.2, 0.25) is 0 Å². The smallest absolute Gasteiger partial charge is 0.393 e. The summed E-state index contributed by atoms with van der Waals surface area (Å²) < 4.78 is 41.9. The largest absolute Gasteiger partial charge is 0.394 e. The first-order chi connectivity index (χ1) is 10.4. The first-order valence-electron chi connectivity index (χ1n) is 6.80. The summed E-state index contributed by atoms with van der Waals surface area (Å²) in [5.41, 5.74) is 0.387. The number of amides is 2. The van der Waals surface area contributed by atoms with Crippen molar-refractivity contribution < 1.29 is 27.8 Å². The Bertz CT molecular complexity index is 467. The molecule has 0 saturated carbocycles. The van der Waals surface area contributed by atoms with Gasteiger partial charge in [0, 0.05) is 18.8 Å². The number of benzene rings is 1. The van der Waals surface area contributed by atoms with E-state index in [1.54, 1.807) is 0 Å². The summed E-state index contributed by atoms with van der Waals surface area (Å²) in [7, 11) is 0. The van der Waals surface area contributed by atoms with E-state index in [0.717, 1.165) is 0 Å². The number of hydrogen-bond donors (Lipinski definition) is 3. The van der Waals surface area contributed by atoms with Gasteiger partial charge in [-0.05, 0) is 24.1 Å². The average molecular weight is 320 g/mol. The van der Waals surface area contributed by atoms with Gasteiger partial charge in [-0.15, -0.1) is 0 Å². The summed E-state index contributed by atoms with van der Waals surface area (Å²) in [5, 5.41) is 13.5. The molecule has 0 fully saturated rings. The quantitative estimate of drug-likeness (QED) is 0.644. The molecule has 0 radical (unpaired) electrons. The maximum Gasteiger partial charge on any atom is 0.393 e. The summed E-state index contributed by atoms with van der Waals surface area (Å²) in [5.74, 6) is 0. The Morgan fingerprint density at radius 3 is 2.73 bits per heavy atom. The fraction of sp³-hybridized carbons (Fsp3) is 0.500. The Morgan fingerprint density at radius 1 is 1.27 bits per heavy atom. The number of carbonyl (C=O) groups is 1. The van der Waals surface area contributed by atoms with Crippen LogP contribution in [0.3, 0.4) is 0 Å². The Hall–Kier alpha value is -1.80. The number of urea groups is 1. The van der Waals surface area contributed by atoms with Gasteiger partial charge in [-0.25, -0.2) is 4.79 Å². The minimum Gasteiger partial charge on any atom is -0.394 e. The monoisotopic (exact) mass is 320 g/mol. The number of aliphatic hydroxyl groups is 1. The van der Waals surface area contributed by atoms with Crippen LogP contribution in [0.25, 0.3) is 0 Å². The lowest BCUT2D eigenvalue weighted by Crippen LogP contribution is -2.30. The molecule has 0 bridgehead atoms. The molecule has 124 valence electrons. The summed E-state index contributed by atoms with van der Waals surface area (Å²) in [4.78, 5) is 11.6. The lowest BCUT2D eigenvalue weighted by Gasteiger charge is -2.10. The molecule has 0 unspecified atom stereocenters. The maximum atomic E-state index is 12.3. The zero-order valence-corrected chi connectivity index (χ0v) is 11.9. The predicted octanol–water partition coefficient (Wildman–Crippen LogP) is 2.31. The number of ether oxygens (including phenoxy) is 1. The molecular formula is C14H19F3N2O3. The molecule has 0 heterocycles. The third-order valence-corrected chi connectivity index (χ3v) is 2.58. The van der Waals surface area contributed by atoms with Crippen molar-refractivity contribution in [1.29, 1.82) is 0 Å². The average Bonchev–Trinajstić information content (AvgIpc) is 2.41. The van der Waals surface area contributed by atoms with E-state index in [1.165, 1.54) is 24.3 Å². The van der Waals surface area contributed by atoms with Crippen molar-refractivity contribution in [2.24, 2.45) is 0 Å². The minimum absolute atomic E-state index is 0.0534. The molecule has 0 aliphatic heterocycles. The minimum atomic E-state index is -4.28. The van der Waals surface area contributed by atoms with Crippen LogP contribution in [0.15, 0.2) is 24.3 Å². The van der Waals surface area contributed by atoms with Crippen LogP contribution in [0.4, 0.5) is 23.7 Å². The maximum absolute atomic E-state index is 12.3. The second-order valence-corrected chi connectivity index (χ2v) is 4.56. The summed E-state index contributed by atoms with van der Waals surface area (Å²) in [6.45, 7) is 0.960. The van der Waals surface area contributed by atoms with Crippen LogP contribution in [0.2, 0.25) is 0 Å². The Morgan fingerprint density at radius 2 is 2.05 bits per heavy atom. The molecule has 5 nitrogen and oxygen atoms in total. The van der Waals surface area contributed by atoms with E-state index in [4.69, 9.17) is 9.84 Å². The molecule has 0 aliphatic rings. The van der Waals surface area contributed by atoms with Crippen molar-refractivity contribution in [1.82, 2.24) is 5.32 Å². The standard InChI is InChI=1S/C14H19F3N2O3/c15-14(16,17)10-11-3-1-4-12(9-11)19-13(21)18-5-2-7-22-8-6-20/h1,3-4,9,20H,2,5-8,10H2,(H2,18,19,21). The predicted molar refractivity (Wildman–Crippen MR) is 75.7 cm³/mol. The van der Waals surface area contributed by atoms with Crippen molar-refractivity contribution in [3.8, 4) is 0 Å². The molecule has 3 N–H and O–H groups in total. The molecule has 1 aromatic carbocycles. The molecule has 0 spiro atoms. The van der Waals surface area contributed by atoms with Gasteiger partial charge >= 0.3 is 12.2 Å². The van der Waals surface area contributed by atoms with Crippen molar-refractivity contribution in [3.63, 3.8) is 0 Å². The second-order valence-electron chi connectivity index (χ2n) is 4.56. The summed E-state index contributed by atoms with van der Waals surface area (Å²) >= 11 is 0. The highest BCUT2D eigenvalue weighted by Gasteiger charge is 2.27. The topological polar surface area (TPSA) is 70.6 Å². The molecular weight excluding hydrogens is 301 g/mol. The summed E-state index contributed by atoms with van der Waals surface area (Å²) in [6.07, 6.45) is -4.75. The van der Waals surface area contributed by atoms with E-state index in [0.29, 0.717) is 25.3 Å². The van der Waals surface area contributed by atoms with Crippen molar-refractivity contribution >= 4 is 11.7 Å². The van der Waals surface area contributed by atoms with Crippen LogP contribution < -0.4 is 10.6 Å². The Kier molecular flexibility index (Phi) is 7.69. The van der Waals surface area contributed by atoms with Crippen LogP contribution in [0, 0.1) is 0 Å². The number of carbonyl (C=O) groups excluding carboxylic acids is 1. The summed E-state index contributed by atoms with van der Waals surface area (Å²) in [6, 6.07) is 5.13. The zero-order valence-electron chi connectivity index (χ0n) is 11.9. The van der Waals surface area contributed by atoms with E-state index in [1.807, 2.05) is 0 Å². The van der Waals surface area contributed by atoms with Crippen LogP contribution in [0.1, 0.15) is 12.0 Å². The van der Waals surface area contributed by atoms with E-state index < -0.39 is 18.6 Å². The van der Waals surface area contributed by atoms with E-state index >= 15 is 0 Å². The third-order valence-electron chi connectivity index (χ3n) is 2.58. The van der Waals surface area contributed by atoms with E-state index in [2.05, 4.69) is 10.6 Å².